The van der Waals surface area contributed by atoms with Crippen LogP contribution in [0.4, 0.5) is 5.69 Å². The molecule has 11 heteroatoms. The molecule has 1 unspecified atom stereocenters. The fraction of sp³-hybridized carbons (Fsp3) is 0.400. The third-order valence-electron chi connectivity index (χ3n) is 2.96. The average molecular weight is 399 g/mol. The molecular formula is C10H11BrN2O6S2. The summed E-state index contributed by atoms with van der Waals surface area (Å²) in [6.07, 6.45) is 0.156. The highest BCUT2D eigenvalue weighted by molar-refractivity contribution is 9.10. The van der Waals surface area contributed by atoms with Gasteiger partial charge in [0, 0.05) is 16.6 Å². The summed E-state index contributed by atoms with van der Waals surface area (Å²) in [6.45, 7) is 0. The van der Waals surface area contributed by atoms with Crippen molar-refractivity contribution < 1.29 is 21.8 Å². The van der Waals surface area contributed by atoms with Gasteiger partial charge in [0.05, 0.1) is 16.4 Å². The van der Waals surface area contributed by atoms with Gasteiger partial charge >= 0.3 is 0 Å². The second kappa shape index (κ2) is 5.63. The first-order valence-electron chi connectivity index (χ1n) is 5.77. The van der Waals surface area contributed by atoms with Gasteiger partial charge in [-0.05, 0) is 18.6 Å². The van der Waals surface area contributed by atoms with Crippen molar-refractivity contribution in [1.82, 2.24) is 4.72 Å². The Labute approximate surface area is 129 Å². The molecule has 0 radical (unpaired) electrons. The summed E-state index contributed by atoms with van der Waals surface area (Å²) in [4.78, 5) is 9.63. The van der Waals surface area contributed by atoms with Gasteiger partial charge in [0.15, 0.2) is 14.7 Å². The van der Waals surface area contributed by atoms with E-state index in [-0.39, 0.29) is 17.9 Å². The first-order chi connectivity index (χ1) is 9.61. The summed E-state index contributed by atoms with van der Waals surface area (Å²) in [5, 5.41) is 10.9. The van der Waals surface area contributed by atoms with Crippen molar-refractivity contribution >= 4 is 41.5 Å². The molecule has 0 saturated carbocycles. The largest absolute Gasteiger partial charge is 0.289 e. The number of halogens is 1. The minimum atomic E-state index is -4.18. The van der Waals surface area contributed by atoms with Gasteiger partial charge in [-0.15, -0.1) is 0 Å². The molecule has 21 heavy (non-hydrogen) atoms. The maximum atomic E-state index is 12.2. The summed E-state index contributed by atoms with van der Waals surface area (Å²) in [5.41, 5.74) is -0.563. The quantitative estimate of drug-likeness (QED) is 0.591. The molecule has 0 spiro atoms. The van der Waals surface area contributed by atoms with E-state index in [0.717, 1.165) is 12.1 Å². The van der Waals surface area contributed by atoms with Crippen LogP contribution in [0.25, 0.3) is 0 Å². The number of nitro groups is 1. The summed E-state index contributed by atoms with van der Waals surface area (Å²) in [5.74, 6) is -0.394. The SMILES string of the molecule is O=[N+]([O-])c1ccc(Br)cc1S(=O)(=O)NC1CCS(=O)(=O)C1. The highest BCUT2D eigenvalue weighted by Gasteiger charge is 2.34. The number of nitrogens with zero attached hydrogens (tertiary/aromatic N) is 1. The van der Waals surface area contributed by atoms with Crippen molar-refractivity contribution in [3.63, 3.8) is 0 Å². The zero-order valence-electron chi connectivity index (χ0n) is 10.5. The maximum absolute atomic E-state index is 12.2. The van der Waals surface area contributed by atoms with Crippen LogP contribution in [-0.2, 0) is 19.9 Å². The van der Waals surface area contributed by atoms with Gasteiger partial charge in [-0.3, -0.25) is 10.1 Å². The second-order valence-electron chi connectivity index (χ2n) is 4.59. The van der Waals surface area contributed by atoms with Gasteiger partial charge < -0.3 is 0 Å². The summed E-state index contributed by atoms with van der Waals surface area (Å²) < 4.78 is 49.8. The molecule has 1 N–H and O–H groups in total. The Morgan fingerprint density at radius 3 is 2.57 bits per heavy atom. The van der Waals surface area contributed by atoms with Crippen molar-refractivity contribution in [3.8, 4) is 0 Å². The number of rotatable bonds is 4. The molecule has 1 aliphatic heterocycles. The monoisotopic (exact) mass is 398 g/mol. The predicted molar refractivity (Wildman–Crippen MR) is 78.2 cm³/mol. The maximum Gasteiger partial charge on any atom is 0.289 e. The second-order valence-corrected chi connectivity index (χ2v) is 9.42. The Morgan fingerprint density at radius 1 is 1.38 bits per heavy atom. The van der Waals surface area contributed by atoms with Crippen molar-refractivity contribution in [2.75, 3.05) is 11.5 Å². The van der Waals surface area contributed by atoms with E-state index < -0.39 is 41.4 Å². The van der Waals surface area contributed by atoms with Crippen LogP contribution in [0.2, 0.25) is 0 Å². The first kappa shape index (κ1) is 16.3. The van der Waals surface area contributed by atoms with Crippen LogP contribution in [0, 0.1) is 10.1 Å². The van der Waals surface area contributed by atoms with Crippen LogP contribution in [0.1, 0.15) is 6.42 Å². The number of nitro benzene ring substituents is 1. The molecule has 1 fully saturated rings. The van der Waals surface area contributed by atoms with E-state index in [1.54, 1.807) is 0 Å². The topological polar surface area (TPSA) is 123 Å². The van der Waals surface area contributed by atoms with E-state index in [1.165, 1.54) is 6.07 Å². The Bertz CT molecular complexity index is 790. The number of sulfonamides is 1. The van der Waals surface area contributed by atoms with E-state index in [9.17, 15) is 26.9 Å². The minimum Gasteiger partial charge on any atom is -0.258 e. The Morgan fingerprint density at radius 2 is 2.05 bits per heavy atom. The number of hydrogen-bond acceptors (Lipinski definition) is 6. The number of hydrogen-bond donors (Lipinski definition) is 1. The number of nitrogens with one attached hydrogen (secondary N) is 1. The smallest absolute Gasteiger partial charge is 0.258 e. The zero-order valence-corrected chi connectivity index (χ0v) is 13.7. The zero-order chi connectivity index (χ0) is 15.8. The molecule has 2 rings (SSSR count). The third kappa shape index (κ3) is 3.78. The van der Waals surface area contributed by atoms with E-state index in [1.807, 2.05) is 0 Å². The highest BCUT2D eigenvalue weighted by Crippen LogP contribution is 2.28. The van der Waals surface area contributed by atoms with Crippen LogP contribution in [0.5, 0.6) is 0 Å². The average Bonchev–Trinajstić information content (AvgIpc) is 2.67. The van der Waals surface area contributed by atoms with E-state index >= 15 is 0 Å². The highest BCUT2D eigenvalue weighted by atomic mass is 79.9. The van der Waals surface area contributed by atoms with Crippen LogP contribution in [0.15, 0.2) is 27.6 Å². The molecule has 1 aliphatic rings. The molecule has 0 bridgehead atoms. The number of sulfone groups is 1. The molecule has 8 nitrogen and oxygen atoms in total. The minimum absolute atomic E-state index is 0.0965. The fourth-order valence-corrected chi connectivity index (χ4v) is 5.78. The van der Waals surface area contributed by atoms with E-state index in [4.69, 9.17) is 0 Å². The van der Waals surface area contributed by atoms with Crippen LogP contribution < -0.4 is 4.72 Å². The lowest BCUT2D eigenvalue weighted by Crippen LogP contribution is -2.35. The molecule has 0 aromatic heterocycles. The lowest BCUT2D eigenvalue weighted by molar-refractivity contribution is -0.387. The molecule has 1 aromatic carbocycles. The lowest BCUT2D eigenvalue weighted by atomic mass is 10.3. The molecule has 1 atom stereocenters. The van der Waals surface area contributed by atoms with Crippen LogP contribution in [-0.4, -0.2) is 39.3 Å². The molecular weight excluding hydrogens is 388 g/mol. The fourth-order valence-electron chi connectivity index (χ4n) is 2.02. The summed E-state index contributed by atoms with van der Waals surface area (Å²) in [6, 6.07) is 2.78. The van der Waals surface area contributed by atoms with Gasteiger partial charge in [0.2, 0.25) is 10.0 Å². The van der Waals surface area contributed by atoms with Crippen LogP contribution in [0.3, 0.4) is 0 Å². The molecule has 1 saturated heterocycles. The van der Waals surface area contributed by atoms with E-state index in [2.05, 4.69) is 20.7 Å². The Hall–Kier alpha value is -1.04. The van der Waals surface area contributed by atoms with Gasteiger partial charge in [0.25, 0.3) is 5.69 Å². The van der Waals surface area contributed by atoms with Gasteiger partial charge in [-0.2, -0.15) is 0 Å². The normalized spacial score (nSPS) is 21.3. The van der Waals surface area contributed by atoms with Gasteiger partial charge in [-0.1, -0.05) is 15.9 Å². The van der Waals surface area contributed by atoms with Crippen LogP contribution >= 0.6 is 15.9 Å². The third-order valence-corrected chi connectivity index (χ3v) is 6.77. The lowest BCUT2D eigenvalue weighted by Gasteiger charge is -2.12. The van der Waals surface area contributed by atoms with Crippen molar-refractivity contribution in [1.29, 1.82) is 0 Å². The Kier molecular flexibility index (Phi) is 4.38. The van der Waals surface area contributed by atoms with Gasteiger partial charge in [-0.25, -0.2) is 21.6 Å². The van der Waals surface area contributed by atoms with Gasteiger partial charge in [0.1, 0.15) is 0 Å². The molecule has 1 aromatic rings. The van der Waals surface area contributed by atoms with Crippen molar-refractivity contribution in [2.45, 2.75) is 17.4 Å². The summed E-state index contributed by atoms with van der Waals surface area (Å²) >= 11 is 3.06. The Balaban J connectivity index is 2.36. The standard InChI is InChI=1S/C10H11BrN2O6S2/c11-7-1-2-9(13(14)15)10(5-7)21(18,19)12-8-3-4-20(16,17)6-8/h1-2,5,8,12H,3-4,6H2. The predicted octanol–water partition coefficient (Wildman–Crippen LogP) is 0.823. The number of benzene rings is 1. The molecule has 1 heterocycles. The van der Waals surface area contributed by atoms with Crippen molar-refractivity contribution in [2.24, 2.45) is 0 Å². The van der Waals surface area contributed by atoms with Crippen molar-refractivity contribution in [3.05, 3.63) is 32.8 Å². The first-order valence-corrected chi connectivity index (χ1v) is 9.87. The summed E-state index contributed by atoms with van der Waals surface area (Å²) in [7, 11) is -7.43. The molecule has 0 amide bonds. The molecule has 116 valence electrons. The molecule has 0 aliphatic carbocycles. The van der Waals surface area contributed by atoms with E-state index in [0.29, 0.717) is 4.47 Å².